The molecule has 100 valence electrons. The molecule has 0 aromatic heterocycles. The van der Waals surface area contributed by atoms with E-state index in [1.54, 1.807) is 0 Å². The molecule has 1 aromatic rings. The molecule has 0 saturated heterocycles. The van der Waals surface area contributed by atoms with Crippen LogP contribution in [0.4, 0.5) is 0 Å². The van der Waals surface area contributed by atoms with E-state index in [1.165, 1.54) is 5.56 Å². The Morgan fingerprint density at radius 2 is 2.11 bits per heavy atom. The summed E-state index contributed by atoms with van der Waals surface area (Å²) in [5.74, 6) is 0.220. The van der Waals surface area contributed by atoms with Gasteiger partial charge in [0.05, 0.1) is 0 Å². The van der Waals surface area contributed by atoms with Crippen LogP contribution < -0.4 is 5.32 Å². The first-order chi connectivity index (χ1) is 8.65. The second kappa shape index (κ2) is 8.27. The van der Waals surface area contributed by atoms with Gasteiger partial charge in [-0.3, -0.25) is 4.79 Å². The van der Waals surface area contributed by atoms with Crippen LogP contribution in [0.3, 0.4) is 0 Å². The van der Waals surface area contributed by atoms with Crippen molar-refractivity contribution in [2.75, 3.05) is 27.2 Å². The van der Waals surface area contributed by atoms with E-state index in [0.29, 0.717) is 6.42 Å². The number of carbonyl (C=O) groups excluding carboxylic acids is 1. The standard InChI is InChI=1S/C14H21BrN2O/c1-16-10-5-8-14(18)17(2)11-9-12-6-3-4-7-13(12)15/h3-4,6-7,16H,5,8-11H2,1-2H3. The molecule has 0 aliphatic heterocycles. The molecular weight excluding hydrogens is 292 g/mol. The summed E-state index contributed by atoms with van der Waals surface area (Å²) >= 11 is 3.52. The van der Waals surface area contributed by atoms with Gasteiger partial charge in [-0.25, -0.2) is 0 Å². The fraction of sp³-hybridized carbons (Fsp3) is 0.500. The zero-order chi connectivity index (χ0) is 13.4. The molecule has 0 saturated carbocycles. The summed E-state index contributed by atoms with van der Waals surface area (Å²) in [6, 6.07) is 8.14. The number of carbonyl (C=O) groups is 1. The van der Waals surface area contributed by atoms with Crippen molar-refractivity contribution in [2.45, 2.75) is 19.3 Å². The van der Waals surface area contributed by atoms with E-state index in [2.05, 4.69) is 27.3 Å². The number of likely N-dealkylation sites (N-methyl/N-ethyl adjacent to an activating group) is 1. The van der Waals surface area contributed by atoms with Crippen molar-refractivity contribution in [3.63, 3.8) is 0 Å². The highest BCUT2D eigenvalue weighted by molar-refractivity contribution is 9.10. The van der Waals surface area contributed by atoms with E-state index in [1.807, 2.05) is 37.2 Å². The first-order valence-electron chi connectivity index (χ1n) is 6.27. The summed E-state index contributed by atoms with van der Waals surface area (Å²) in [4.78, 5) is 13.6. The lowest BCUT2D eigenvalue weighted by molar-refractivity contribution is -0.129. The van der Waals surface area contributed by atoms with Crippen LogP contribution in [0, 0.1) is 0 Å². The van der Waals surface area contributed by atoms with Gasteiger partial charge in [-0.15, -0.1) is 0 Å². The van der Waals surface area contributed by atoms with Crippen LogP contribution in [0.2, 0.25) is 0 Å². The Bertz CT molecular complexity index is 382. The van der Waals surface area contributed by atoms with Gasteiger partial charge in [0.25, 0.3) is 0 Å². The number of rotatable bonds is 7. The molecule has 0 unspecified atom stereocenters. The van der Waals surface area contributed by atoms with Crippen LogP contribution in [0.25, 0.3) is 0 Å². The van der Waals surface area contributed by atoms with Crippen molar-refractivity contribution in [3.8, 4) is 0 Å². The molecule has 0 fully saturated rings. The summed E-state index contributed by atoms with van der Waals surface area (Å²) in [6.07, 6.45) is 2.40. The van der Waals surface area contributed by atoms with Gasteiger partial charge in [-0.1, -0.05) is 34.1 Å². The van der Waals surface area contributed by atoms with Gasteiger partial charge in [0.15, 0.2) is 0 Å². The van der Waals surface area contributed by atoms with E-state index < -0.39 is 0 Å². The van der Waals surface area contributed by atoms with Crippen molar-refractivity contribution >= 4 is 21.8 Å². The Kier molecular flexibility index (Phi) is 6.98. The fourth-order valence-corrected chi connectivity index (χ4v) is 2.20. The maximum absolute atomic E-state index is 11.8. The highest BCUT2D eigenvalue weighted by Crippen LogP contribution is 2.16. The highest BCUT2D eigenvalue weighted by Gasteiger charge is 2.08. The maximum atomic E-state index is 11.8. The Hall–Kier alpha value is -0.870. The maximum Gasteiger partial charge on any atom is 0.222 e. The van der Waals surface area contributed by atoms with E-state index in [9.17, 15) is 4.79 Å². The van der Waals surface area contributed by atoms with Gasteiger partial charge in [0.2, 0.25) is 5.91 Å². The second-order valence-corrected chi connectivity index (χ2v) is 5.22. The zero-order valence-electron chi connectivity index (χ0n) is 11.1. The van der Waals surface area contributed by atoms with Crippen molar-refractivity contribution in [2.24, 2.45) is 0 Å². The summed E-state index contributed by atoms with van der Waals surface area (Å²) in [5.41, 5.74) is 1.24. The molecule has 1 aromatic carbocycles. The third kappa shape index (κ3) is 5.19. The van der Waals surface area contributed by atoms with E-state index in [4.69, 9.17) is 0 Å². The van der Waals surface area contributed by atoms with Crippen molar-refractivity contribution in [3.05, 3.63) is 34.3 Å². The molecule has 0 atom stereocenters. The minimum atomic E-state index is 0.220. The summed E-state index contributed by atoms with van der Waals surface area (Å²) in [6.45, 7) is 1.66. The average Bonchev–Trinajstić information content (AvgIpc) is 2.37. The minimum absolute atomic E-state index is 0.220. The number of amides is 1. The van der Waals surface area contributed by atoms with Crippen LogP contribution in [0.1, 0.15) is 18.4 Å². The van der Waals surface area contributed by atoms with E-state index in [0.717, 1.165) is 30.4 Å². The largest absolute Gasteiger partial charge is 0.345 e. The Balaban J connectivity index is 2.34. The van der Waals surface area contributed by atoms with Gasteiger partial charge in [0.1, 0.15) is 0 Å². The fourth-order valence-electron chi connectivity index (χ4n) is 1.72. The molecule has 0 heterocycles. The quantitative estimate of drug-likeness (QED) is 0.784. The average molecular weight is 313 g/mol. The van der Waals surface area contributed by atoms with Crippen LogP contribution in [0.5, 0.6) is 0 Å². The molecule has 18 heavy (non-hydrogen) atoms. The third-order valence-electron chi connectivity index (χ3n) is 2.92. The number of nitrogens with zero attached hydrogens (tertiary/aromatic N) is 1. The highest BCUT2D eigenvalue weighted by atomic mass is 79.9. The Morgan fingerprint density at radius 3 is 2.78 bits per heavy atom. The van der Waals surface area contributed by atoms with E-state index in [-0.39, 0.29) is 5.91 Å². The first kappa shape index (κ1) is 15.2. The van der Waals surface area contributed by atoms with Crippen LogP contribution >= 0.6 is 15.9 Å². The van der Waals surface area contributed by atoms with Crippen molar-refractivity contribution in [1.29, 1.82) is 0 Å². The van der Waals surface area contributed by atoms with E-state index >= 15 is 0 Å². The molecule has 0 aliphatic carbocycles. The van der Waals surface area contributed by atoms with Crippen LogP contribution in [0.15, 0.2) is 28.7 Å². The molecular formula is C14H21BrN2O. The predicted molar refractivity (Wildman–Crippen MR) is 78.6 cm³/mol. The monoisotopic (exact) mass is 312 g/mol. The smallest absolute Gasteiger partial charge is 0.222 e. The van der Waals surface area contributed by atoms with Gasteiger partial charge in [-0.05, 0) is 38.1 Å². The van der Waals surface area contributed by atoms with Crippen LogP contribution in [-0.2, 0) is 11.2 Å². The lowest BCUT2D eigenvalue weighted by atomic mass is 10.1. The SMILES string of the molecule is CNCCCC(=O)N(C)CCc1ccccc1Br. The van der Waals surface area contributed by atoms with Gasteiger partial charge in [-0.2, -0.15) is 0 Å². The number of benzene rings is 1. The third-order valence-corrected chi connectivity index (χ3v) is 3.69. The van der Waals surface area contributed by atoms with Crippen LogP contribution in [-0.4, -0.2) is 38.0 Å². The molecule has 1 N–H and O–H groups in total. The predicted octanol–water partition coefficient (Wildman–Crippen LogP) is 2.45. The first-order valence-corrected chi connectivity index (χ1v) is 7.06. The molecule has 0 spiro atoms. The molecule has 4 heteroatoms. The van der Waals surface area contributed by atoms with Gasteiger partial charge < -0.3 is 10.2 Å². The lowest BCUT2D eigenvalue weighted by Gasteiger charge is -2.17. The Labute approximate surface area is 118 Å². The topological polar surface area (TPSA) is 32.3 Å². The number of nitrogens with one attached hydrogen (secondary N) is 1. The summed E-state index contributed by atoms with van der Waals surface area (Å²) < 4.78 is 1.11. The normalized spacial score (nSPS) is 10.4. The molecule has 0 bridgehead atoms. The molecule has 1 amide bonds. The number of hydrogen-bond acceptors (Lipinski definition) is 2. The molecule has 0 aliphatic rings. The number of hydrogen-bond donors (Lipinski definition) is 1. The molecule has 3 nitrogen and oxygen atoms in total. The lowest BCUT2D eigenvalue weighted by Crippen LogP contribution is -2.29. The molecule has 0 radical (unpaired) electrons. The van der Waals surface area contributed by atoms with Gasteiger partial charge >= 0.3 is 0 Å². The second-order valence-electron chi connectivity index (χ2n) is 4.36. The minimum Gasteiger partial charge on any atom is -0.345 e. The molecule has 1 rings (SSSR count). The van der Waals surface area contributed by atoms with Crippen molar-refractivity contribution in [1.82, 2.24) is 10.2 Å². The summed E-state index contributed by atoms with van der Waals surface area (Å²) in [5, 5.41) is 3.05. The van der Waals surface area contributed by atoms with Gasteiger partial charge in [0, 0.05) is 24.5 Å². The summed E-state index contributed by atoms with van der Waals surface area (Å²) in [7, 11) is 3.78. The zero-order valence-corrected chi connectivity index (χ0v) is 12.7. The number of halogens is 1. The Morgan fingerprint density at radius 1 is 1.39 bits per heavy atom. The van der Waals surface area contributed by atoms with Crippen molar-refractivity contribution < 1.29 is 4.79 Å².